The summed E-state index contributed by atoms with van der Waals surface area (Å²) in [5.74, 6) is 0.105. The van der Waals surface area contributed by atoms with Crippen LogP contribution in [0.2, 0.25) is 5.28 Å². The summed E-state index contributed by atoms with van der Waals surface area (Å²) < 4.78 is 5.21. The van der Waals surface area contributed by atoms with Crippen LogP contribution in [0.3, 0.4) is 0 Å². The van der Waals surface area contributed by atoms with Crippen LogP contribution < -0.4 is 4.74 Å². The minimum Gasteiger partial charge on any atom is -0.432 e. The van der Waals surface area contributed by atoms with Gasteiger partial charge in [-0.3, -0.25) is 15.1 Å². The fourth-order valence-corrected chi connectivity index (χ4v) is 1.18. The minimum absolute atomic E-state index is 0.130. The molecule has 0 amide bonds. The SMILES string of the molecule is O=[N+]([O-])c1cnc(Cl)nc1Oc1cccnc1. The summed E-state index contributed by atoms with van der Waals surface area (Å²) in [6.45, 7) is 0. The molecule has 2 aromatic heterocycles. The third kappa shape index (κ3) is 2.64. The first-order valence-electron chi connectivity index (χ1n) is 4.41. The summed E-state index contributed by atoms with van der Waals surface area (Å²) in [6, 6.07) is 3.22. The van der Waals surface area contributed by atoms with Crippen molar-refractivity contribution in [2.75, 3.05) is 0 Å². The van der Waals surface area contributed by atoms with E-state index in [9.17, 15) is 10.1 Å². The lowest BCUT2D eigenvalue weighted by atomic mass is 10.4. The molecule has 0 aliphatic rings. The molecular weight excluding hydrogens is 248 g/mol. The van der Waals surface area contributed by atoms with Crippen molar-refractivity contribution in [1.29, 1.82) is 0 Å². The van der Waals surface area contributed by atoms with Gasteiger partial charge in [-0.2, -0.15) is 4.98 Å². The van der Waals surface area contributed by atoms with Gasteiger partial charge < -0.3 is 4.74 Å². The van der Waals surface area contributed by atoms with E-state index in [0.29, 0.717) is 5.75 Å². The topological polar surface area (TPSA) is 91.0 Å². The highest BCUT2D eigenvalue weighted by atomic mass is 35.5. The average Bonchev–Trinajstić information content (AvgIpc) is 2.30. The fraction of sp³-hybridized carbons (Fsp3) is 0. The van der Waals surface area contributed by atoms with E-state index >= 15 is 0 Å². The summed E-state index contributed by atoms with van der Waals surface area (Å²) in [5.41, 5.74) is -0.363. The number of halogens is 1. The molecule has 8 heteroatoms. The monoisotopic (exact) mass is 252 g/mol. The Balaban J connectivity index is 2.37. The Bertz CT molecular complexity index is 549. The van der Waals surface area contributed by atoms with Crippen LogP contribution in [0.5, 0.6) is 11.6 Å². The van der Waals surface area contributed by atoms with Crippen LogP contribution in [0.15, 0.2) is 30.7 Å². The van der Waals surface area contributed by atoms with Gasteiger partial charge in [-0.25, -0.2) is 4.98 Å². The van der Waals surface area contributed by atoms with Gasteiger partial charge >= 0.3 is 11.6 Å². The second-order valence-electron chi connectivity index (χ2n) is 2.88. The van der Waals surface area contributed by atoms with Gasteiger partial charge in [0.05, 0.1) is 11.1 Å². The predicted molar refractivity (Wildman–Crippen MR) is 58.0 cm³/mol. The second-order valence-corrected chi connectivity index (χ2v) is 3.22. The molecule has 0 radical (unpaired) electrons. The number of rotatable bonds is 3. The van der Waals surface area contributed by atoms with E-state index in [2.05, 4.69) is 15.0 Å². The van der Waals surface area contributed by atoms with E-state index in [1.807, 2.05) is 0 Å². The zero-order valence-corrected chi connectivity index (χ0v) is 9.03. The molecule has 0 atom stereocenters. The molecule has 7 nitrogen and oxygen atoms in total. The van der Waals surface area contributed by atoms with E-state index in [4.69, 9.17) is 16.3 Å². The predicted octanol–water partition coefficient (Wildman–Crippen LogP) is 2.23. The Labute approximate surface area is 100 Å². The Morgan fingerprint density at radius 2 is 2.24 bits per heavy atom. The second kappa shape index (κ2) is 4.71. The Morgan fingerprint density at radius 1 is 1.41 bits per heavy atom. The summed E-state index contributed by atoms with van der Waals surface area (Å²) in [4.78, 5) is 21.0. The Kier molecular flexibility index (Phi) is 3.10. The molecule has 86 valence electrons. The normalized spacial score (nSPS) is 9.94. The molecule has 0 unspecified atom stereocenters. The number of pyridine rings is 1. The van der Waals surface area contributed by atoms with E-state index in [1.54, 1.807) is 18.3 Å². The van der Waals surface area contributed by atoms with Crippen molar-refractivity contribution in [1.82, 2.24) is 15.0 Å². The lowest BCUT2D eigenvalue weighted by Crippen LogP contribution is -1.97. The molecular formula is C9H5ClN4O3. The van der Waals surface area contributed by atoms with Crippen LogP contribution in [0.25, 0.3) is 0 Å². The lowest BCUT2D eigenvalue weighted by molar-refractivity contribution is -0.386. The van der Waals surface area contributed by atoms with Gasteiger partial charge in [0.25, 0.3) is 0 Å². The molecule has 0 saturated heterocycles. The summed E-state index contributed by atoms with van der Waals surface area (Å²) in [5, 5.41) is 10.6. The molecule has 0 spiro atoms. The first-order chi connectivity index (χ1) is 8.16. The minimum atomic E-state index is -0.651. The summed E-state index contributed by atoms with van der Waals surface area (Å²) >= 11 is 5.55. The molecule has 2 rings (SSSR count). The molecule has 0 aliphatic heterocycles. The van der Waals surface area contributed by atoms with Crippen LogP contribution in [0.4, 0.5) is 5.69 Å². The van der Waals surface area contributed by atoms with Gasteiger partial charge in [-0.05, 0) is 23.7 Å². The maximum absolute atomic E-state index is 10.7. The van der Waals surface area contributed by atoms with Crippen molar-refractivity contribution in [2.24, 2.45) is 0 Å². The van der Waals surface area contributed by atoms with Gasteiger partial charge in [-0.15, -0.1) is 0 Å². The number of nitrogens with zero attached hydrogens (tertiary/aromatic N) is 4. The molecule has 0 bridgehead atoms. The maximum atomic E-state index is 10.7. The Morgan fingerprint density at radius 3 is 2.88 bits per heavy atom. The van der Waals surface area contributed by atoms with Crippen LogP contribution in [-0.4, -0.2) is 19.9 Å². The van der Waals surface area contributed by atoms with Crippen molar-refractivity contribution in [3.63, 3.8) is 0 Å². The van der Waals surface area contributed by atoms with Crippen molar-refractivity contribution in [3.8, 4) is 11.6 Å². The zero-order chi connectivity index (χ0) is 12.3. The Hall–Kier alpha value is -2.28. The molecule has 0 fully saturated rings. The fourth-order valence-electron chi connectivity index (χ4n) is 1.06. The highest BCUT2D eigenvalue weighted by molar-refractivity contribution is 6.28. The maximum Gasteiger partial charge on any atom is 0.349 e. The van der Waals surface area contributed by atoms with Crippen LogP contribution >= 0.6 is 11.6 Å². The average molecular weight is 253 g/mol. The number of ether oxygens (including phenoxy) is 1. The molecule has 0 N–H and O–H groups in total. The first-order valence-corrected chi connectivity index (χ1v) is 4.79. The third-order valence-corrected chi connectivity index (χ3v) is 1.93. The standard InChI is InChI=1S/C9H5ClN4O3/c10-9-12-5-7(14(15)16)8(13-9)17-6-2-1-3-11-4-6/h1-5H. The number of hydrogen-bond acceptors (Lipinski definition) is 6. The largest absolute Gasteiger partial charge is 0.432 e. The molecule has 2 aromatic rings. The third-order valence-electron chi connectivity index (χ3n) is 1.75. The van der Waals surface area contributed by atoms with Crippen molar-refractivity contribution in [2.45, 2.75) is 0 Å². The highest BCUT2D eigenvalue weighted by Crippen LogP contribution is 2.28. The first kappa shape index (κ1) is 11.2. The number of aromatic nitrogens is 3. The van der Waals surface area contributed by atoms with E-state index < -0.39 is 4.92 Å². The van der Waals surface area contributed by atoms with Gasteiger partial charge in [0.2, 0.25) is 5.28 Å². The molecule has 0 saturated carbocycles. The highest BCUT2D eigenvalue weighted by Gasteiger charge is 2.19. The van der Waals surface area contributed by atoms with Crippen molar-refractivity contribution in [3.05, 3.63) is 46.1 Å². The van der Waals surface area contributed by atoms with E-state index in [-0.39, 0.29) is 16.9 Å². The summed E-state index contributed by atoms with van der Waals surface area (Å²) in [6.07, 6.45) is 3.94. The van der Waals surface area contributed by atoms with Gasteiger partial charge in [0.1, 0.15) is 11.9 Å². The molecule has 0 aromatic carbocycles. The van der Waals surface area contributed by atoms with Crippen LogP contribution in [0.1, 0.15) is 0 Å². The molecule has 2 heterocycles. The van der Waals surface area contributed by atoms with E-state index in [0.717, 1.165) is 6.20 Å². The van der Waals surface area contributed by atoms with Gasteiger partial charge in [-0.1, -0.05) is 0 Å². The van der Waals surface area contributed by atoms with Gasteiger partial charge in [0.15, 0.2) is 0 Å². The number of hydrogen-bond donors (Lipinski definition) is 0. The smallest absolute Gasteiger partial charge is 0.349 e. The van der Waals surface area contributed by atoms with Gasteiger partial charge in [0, 0.05) is 6.20 Å². The van der Waals surface area contributed by atoms with E-state index in [1.165, 1.54) is 6.20 Å². The van der Waals surface area contributed by atoms with Crippen molar-refractivity contribution >= 4 is 17.3 Å². The lowest BCUT2D eigenvalue weighted by Gasteiger charge is -2.03. The molecule has 0 aliphatic carbocycles. The quantitative estimate of drug-likeness (QED) is 0.472. The number of nitro groups is 1. The summed E-state index contributed by atoms with van der Waals surface area (Å²) in [7, 11) is 0. The zero-order valence-electron chi connectivity index (χ0n) is 8.28. The van der Waals surface area contributed by atoms with Crippen LogP contribution in [-0.2, 0) is 0 Å². The molecule has 17 heavy (non-hydrogen) atoms. The van der Waals surface area contributed by atoms with Crippen molar-refractivity contribution < 1.29 is 9.66 Å². The van der Waals surface area contributed by atoms with Crippen LogP contribution in [0, 0.1) is 10.1 Å².